The molecule has 0 aromatic carbocycles. The van der Waals surface area contributed by atoms with E-state index in [9.17, 15) is 0 Å². The minimum absolute atomic E-state index is 0.147. The molecule has 0 amide bonds. The van der Waals surface area contributed by atoms with Gasteiger partial charge in [0.2, 0.25) is 0 Å². The van der Waals surface area contributed by atoms with Gasteiger partial charge in [0.25, 0.3) is 0 Å². The van der Waals surface area contributed by atoms with Gasteiger partial charge in [-0.25, -0.2) is 0 Å². The maximum atomic E-state index is 8.93. The monoisotopic (exact) mass is 218 g/mol. The van der Waals surface area contributed by atoms with Gasteiger partial charge in [0.1, 0.15) is 0 Å². The molecule has 1 nitrogen and oxygen atoms in total. The third-order valence-corrected chi connectivity index (χ3v) is 4.54. The Morgan fingerprint density at radius 2 is 2.31 bits per heavy atom. The van der Waals surface area contributed by atoms with E-state index in [0.29, 0.717) is 0 Å². The highest BCUT2D eigenvalue weighted by molar-refractivity contribution is 5.31. The Labute approximate surface area is 98.6 Å². The summed E-state index contributed by atoms with van der Waals surface area (Å²) in [7, 11) is 0. The molecule has 2 fully saturated rings. The van der Waals surface area contributed by atoms with Crippen LogP contribution in [0.4, 0.5) is 0 Å². The lowest BCUT2D eigenvalue weighted by molar-refractivity contribution is 0.330. The van der Waals surface area contributed by atoms with Crippen molar-refractivity contribution in [3.05, 3.63) is 36.0 Å². The summed E-state index contributed by atoms with van der Waals surface area (Å²) in [6.45, 7) is 8.70. The smallest absolute Gasteiger partial charge is 0.0642 e. The molecule has 0 radical (unpaired) electrons. The van der Waals surface area contributed by atoms with Crippen molar-refractivity contribution in [1.29, 1.82) is 0 Å². The molecule has 2 aliphatic rings. The molecule has 0 spiro atoms. The van der Waals surface area contributed by atoms with Crippen LogP contribution in [0, 0.1) is 17.3 Å². The number of aliphatic hydroxyl groups excluding tert-OH is 1. The summed E-state index contributed by atoms with van der Waals surface area (Å²) in [6, 6.07) is 0. The minimum atomic E-state index is 0.147. The summed E-state index contributed by atoms with van der Waals surface area (Å²) in [5.41, 5.74) is 2.64. The maximum absolute atomic E-state index is 8.93. The molecule has 0 aromatic heterocycles. The fourth-order valence-electron chi connectivity index (χ4n) is 3.25. The summed E-state index contributed by atoms with van der Waals surface area (Å²) in [6.07, 6.45) is 10.4. The van der Waals surface area contributed by atoms with Gasteiger partial charge >= 0.3 is 0 Å². The standard InChI is InChI=1S/C15H22O/c1-11(10-16)5-4-8-15(3)12(2)13-6-7-14(15)9-13/h4-5,8,13-14,16H,2,6-7,9-10H2,1,3H3/b8-4+,11-5+/t13-,14+,15+/m1/s1. The van der Waals surface area contributed by atoms with Crippen LogP contribution < -0.4 is 0 Å². The Hall–Kier alpha value is -0.820. The lowest BCUT2D eigenvalue weighted by atomic mass is 9.71. The van der Waals surface area contributed by atoms with E-state index in [1.807, 2.05) is 13.0 Å². The fourth-order valence-corrected chi connectivity index (χ4v) is 3.25. The molecule has 0 saturated heterocycles. The quantitative estimate of drug-likeness (QED) is 0.568. The van der Waals surface area contributed by atoms with Crippen molar-refractivity contribution in [3.8, 4) is 0 Å². The molecule has 88 valence electrons. The summed E-state index contributed by atoms with van der Waals surface area (Å²) in [4.78, 5) is 0. The molecule has 2 rings (SSSR count). The number of hydrogen-bond acceptors (Lipinski definition) is 1. The van der Waals surface area contributed by atoms with Gasteiger partial charge in [-0.05, 0) is 43.6 Å². The number of fused-ring (bicyclic) bond motifs is 2. The molecule has 0 aliphatic heterocycles. The SMILES string of the molecule is C=C1[C@@H]2CC[C@@H](C2)[C@@]1(C)/C=C/C=C(\C)CO. The average molecular weight is 218 g/mol. The number of hydrogen-bond donors (Lipinski definition) is 1. The van der Waals surface area contributed by atoms with Crippen LogP contribution in [0.3, 0.4) is 0 Å². The lowest BCUT2D eigenvalue weighted by Crippen LogP contribution is -2.23. The Bertz CT molecular complexity index is 350. The second kappa shape index (κ2) is 4.21. The van der Waals surface area contributed by atoms with Crippen molar-refractivity contribution in [2.75, 3.05) is 6.61 Å². The van der Waals surface area contributed by atoms with Crippen LogP contribution in [0.15, 0.2) is 36.0 Å². The van der Waals surface area contributed by atoms with Gasteiger partial charge in [-0.3, -0.25) is 0 Å². The van der Waals surface area contributed by atoms with E-state index in [1.165, 1.54) is 24.8 Å². The van der Waals surface area contributed by atoms with Crippen LogP contribution in [-0.2, 0) is 0 Å². The highest BCUT2D eigenvalue weighted by Gasteiger charge is 2.49. The Kier molecular flexibility index (Phi) is 3.07. The van der Waals surface area contributed by atoms with Crippen molar-refractivity contribution in [2.24, 2.45) is 17.3 Å². The molecule has 2 saturated carbocycles. The zero-order chi connectivity index (χ0) is 11.8. The zero-order valence-corrected chi connectivity index (χ0v) is 10.4. The predicted octanol–water partition coefficient (Wildman–Crippen LogP) is 3.47. The predicted molar refractivity (Wildman–Crippen MR) is 68.1 cm³/mol. The van der Waals surface area contributed by atoms with Crippen molar-refractivity contribution < 1.29 is 5.11 Å². The van der Waals surface area contributed by atoms with E-state index in [1.54, 1.807) is 0 Å². The number of rotatable bonds is 3. The first kappa shape index (κ1) is 11.7. The molecule has 2 bridgehead atoms. The van der Waals surface area contributed by atoms with Crippen LogP contribution in [0.25, 0.3) is 0 Å². The van der Waals surface area contributed by atoms with E-state index < -0.39 is 0 Å². The Morgan fingerprint density at radius 3 is 2.88 bits per heavy atom. The topological polar surface area (TPSA) is 20.2 Å². The summed E-state index contributed by atoms with van der Waals surface area (Å²) >= 11 is 0. The van der Waals surface area contributed by atoms with Gasteiger partial charge in [-0.15, -0.1) is 0 Å². The summed E-state index contributed by atoms with van der Waals surface area (Å²) in [5, 5.41) is 8.93. The molecular weight excluding hydrogens is 196 g/mol. The highest BCUT2D eigenvalue weighted by atomic mass is 16.3. The molecule has 0 unspecified atom stereocenters. The summed E-state index contributed by atoms with van der Waals surface area (Å²) < 4.78 is 0. The van der Waals surface area contributed by atoms with Gasteiger partial charge in [-0.2, -0.15) is 0 Å². The number of aliphatic hydroxyl groups is 1. The first-order valence-corrected chi connectivity index (χ1v) is 6.23. The largest absolute Gasteiger partial charge is 0.392 e. The lowest BCUT2D eigenvalue weighted by Gasteiger charge is -2.33. The van der Waals surface area contributed by atoms with Crippen LogP contribution in [-0.4, -0.2) is 11.7 Å². The van der Waals surface area contributed by atoms with E-state index in [4.69, 9.17) is 5.11 Å². The van der Waals surface area contributed by atoms with E-state index in [2.05, 4.69) is 25.7 Å². The maximum Gasteiger partial charge on any atom is 0.0642 e. The van der Waals surface area contributed by atoms with Crippen LogP contribution >= 0.6 is 0 Å². The van der Waals surface area contributed by atoms with E-state index in [0.717, 1.165) is 17.4 Å². The highest BCUT2D eigenvalue weighted by Crippen LogP contribution is 2.59. The molecule has 2 aliphatic carbocycles. The molecule has 3 atom stereocenters. The second-order valence-electron chi connectivity index (χ2n) is 5.55. The fraction of sp³-hybridized carbons (Fsp3) is 0.600. The molecule has 16 heavy (non-hydrogen) atoms. The molecule has 0 aromatic rings. The zero-order valence-electron chi connectivity index (χ0n) is 10.4. The number of allylic oxidation sites excluding steroid dienone is 4. The Balaban J connectivity index is 2.12. The second-order valence-corrected chi connectivity index (χ2v) is 5.55. The first-order chi connectivity index (χ1) is 7.58. The molecular formula is C15H22O. The van der Waals surface area contributed by atoms with E-state index >= 15 is 0 Å². The first-order valence-electron chi connectivity index (χ1n) is 6.23. The third kappa shape index (κ3) is 1.78. The molecule has 1 N–H and O–H groups in total. The van der Waals surface area contributed by atoms with Gasteiger partial charge < -0.3 is 5.11 Å². The molecule has 1 heteroatoms. The van der Waals surface area contributed by atoms with Crippen molar-refractivity contribution in [2.45, 2.75) is 33.1 Å². The minimum Gasteiger partial charge on any atom is -0.392 e. The van der Waals surface area contributed by atoms with Crippen molar-refractivity contribution >= 4 is 0 Å². The van der Waals surface area contributed by atoms with Crippen LogP contribution in [0.5, 0.6) is 0 Å². The van der Waals surface area contributed by atoms with Gasteiger partial charge in [0.05, 0.1) is 6.61 Å². The third-order valence-electron chi connectivity index (χ3n) is 4.54. The van der Waals surface area contributed by atoms with Crippen LogP contribution in [0.2, 0.25) is 0 Å². The average Bonchev–Trinajstić information content (AvgIpc) is 2.83. The summed E-state index contributed by atoms with van der Waals surface area (Å²) in [5.74, 6) is 1.56. The van der Waals surface area contributed by atoms with Crippen molar-refractivity contribution in [1.82, 2.24) is 0 Å². The molecule has 0 heterocycles. The van der Waals surface area contributed by atoms with Gasteiger partial charge in [0, 0.05) is 5.41 Å². The normalized spacial score (nSPS) is 38.9. The van der Waals surface area contributed by atoms with Crippen molar-refractivity contribution in [3.63, 3.8) is 0 Å². The Morgan fingerprint density at radius 1 is 1.56 bits per heavy atom. The van der Waals surface area contributed by atoms with Crippen LogP contribution in [0.1, 0.15) is 33.1 Å². The van der Waals surface area contributed by atoms with E-state index in [-0.39, 0.29) is 12.0 Å². The van der Waals surface area contributed by atoms with Gasteiger partial charge in [0.15, 0.2) is 0 Å². The van der Waals surface area contributed by atoms with Gasteiger partial charge in [-0.1, -0.05) is 37.3 Å².